The topological polar surface area (TPSA) is 147 Å². The highest BCUT2D eigenvalue weighted by Gasteiger charge is 2.27. The van der Waals surface area contributed by atoms with Gasteiger partial charge in [-0.15, -0.1) is 0 Å². The van der Waals surface area contributed by atoms with Crippen LogP contribution in [0.1, 0.15) is 5.56 Å². The Balaban J connectivity index is 2.80. The van der Waals surface area contributed by atoms with E-state index in [1.165, 1.54) is 6.92 Å². The zero-order valence-electron chi connectivity index (χ0n) is 10.7. The lowest BCUT2D eigenvalue weighted by Gasteiger charge is -2.07. The summed E-state index contributed by atoms with van der Waals surface area (Å²) < 4.78 is 0.362. The minimum atomic E-state index is -0.846. The number of phenols is 6. The van der Waals surface area contributed by atoms with Gasteiger partial charge in [-0.3, -0.25) is 0 Å². The molecule has 3 aromatic rings. The van der Waals surface area contributed by atoms with Gasteiger partial charge in [0.25, 0.3) is 0 Å². The molecule has 0 spiro atoms. The molecule has 8 nitrogen and oxygen atoms in total. The first kappa shape index (κ1) is 12.9. The minimum Gasteiger partial charge on any atom is -0.505 e. The Morgan fingerprint density at radius 1 is 0.714 bits per heavy atom. The van der Waals surface area contributed by atoms with Crippen molar-refractivity contribution >= 4 is 21.8 Å². The molecule has 0 saturated carbocycles. The predicted molar refractivity (Wildman–Crippen MR) is 71.4 cm³/mol. The lowest BCUT2D eigenvalue weighted by atomic mass is 10.0. The van der Waals surface area contributed by atoms with Crippen molar-refractivity contribution in [2.24, 2.45) is 0 Å². The van der Waals surface area contributed by atoms with Gasteiger partial charge < -0.3 is 35.8 Å². The molecule has 3 rings (SSSR count). The van der Waals surface area contributed by atoms with Gasteiger partial charge in [0.1, 0.15) is 16.8 Å². The third-order valence-electron chi connectivity index (χ3n) is 3.55. The van der Waals surface area contributed by atoms with E-state index in [2.05, 4.69) is 0 Å². The molecule has 110 valence electrons. The number of phenolic OH excluding ortho intramolecular Hbond substituents is 6. The van der Waals surface area contributed by atoms with Crippen molar-refractivity contribution in [3.63, 3.8) is 0 Å². The van der Waals surface area contributed by atoms with Gasteiger partial charge in [0.15, 0.2) is 23.0 Å². The molecule has 2 aromatic carbocycles. The highest BCUT2D eigenvalue weighted by atomic mass is 16.5. The van der Waals surface area contributed by atoms with Gasteiger partial charge in [0, 0.05) is 17.0 Å². The fraction of sp³-hybridized carbons (Fsp3) is 0.0769. The first-order valence-electron chi connectivity index (χ1n) is 5.82. The Morgan fingerprint density at radius 3 is 1.95 bits per heavy atom. The van der Waals surface area contributed by atoms with Crippen molar-refractivity contribution in [3.8, 4) is 34.5 Å². The number of nitrogens with zero attached hydrogens (tertiary/aromatic N) is 1. The summed E-state index contributed by atoms with van der Waals surface area (Å²) in [6, 6.07) is 0.815. The maximum absolute atomic E-state index is 10.1. The standard InChI is InChI=1S/C13H11NO7/c1-3-6-7-8(4(15)2-5(16)11(7)18)14(21)9(6)12(19)13(20)10(3)17/h2,15-21H,1H3. The van der Waals surface area contributed by atoms with Crippen LogP contribution in [0.25, 0.3) is 21.8 Å². The number of benzene rings is 2. The SMILES string of the molecule is Cc1c(O)c(O)c(O)c2c1c1c(O)c(O)cc(O)c1n2O. The molecule has 0 saturated heterocycles. The number of fused-ring (bicyclic) bond motifs is 3. The molecule has 21 heavy (non-hydrogen) atoms. The summed E-state index contributed by atoms with van der Waals surface area (Å²) in [5.41, 5.74) is -0.573. The van der Waals surface area contributed by atoms with Gasteiger partial charge in [-0.25, -0.2) is 0 Å². The molecule has 0 aliphatic heterocycles. The molecule has 0 amide bonds. The maximum Gasteiger partial charge on any atom is 0.202 e. The van der Waals surface area contributed by atoms with Crippen molar-refractivity contribution in [3.05, 3.63) is 11.6 Å². The highest BCUT2D eigenvalue weighted by molar-refractivity contribution is 6.17. The summed E-state index contributed by atoms with van der Waals surface area (Å²) in [5.74, 6) is -4.16. The van der Waals surface area contributed by atoms with Crippen LogP contribution < -0.4 is 0 Å². The molecule has 0 aliphatic carbocycles. The summed E-state index contributed by atoms with van der Waals surface area (Å²) in [6.07, 6.45) is 0. The van der Waals surface area contributed by atoms with E-state index in [1.807, 2.05) is 0 Å². The van der Waals surface area contributed by atoms with Gasteiger partial charge in [-0.1, -0.05) is 0 Å². The van der Waals surface area contributed by atoms with Gasteiger partial charge in [-0.05, 0) is 6.92 Å². The van der Waals surface area contributed by atoms with Crippen molar-refractivity contribution in [1.82, 2.24) is 4.73 Å². The zero-order valence-corrected chi connectivity index (χ0v) is 10.7. The number of hydrogen-bond donors (Lipinski definition) is 7. The van der Waals surface area contributed by atoms with Crippen LogP contribution in [0.15, 0.2) is 6.07 Å². The molecule has 0 radical (unpaired) electrons. The van der Waals surface area contributed by atoms with E-state index in [4.69, 9.17) is 0 Å². The second-order valence-electron chi connectivity index (χ2n) is 4.69. The minimum absolute atomic E-state index is 0.0241. The van der Waals surface area contributed by atoms with E-state index < -0.39 is 34.5 Å². The van der Waals surface area contributed by atoms with E-state index in [0.717, 1.165) is 6.07 Å². The van der Waals surface area contributed by atoms with Crippen LogP contribution in [0, 0.1) is 6.92 Å². The van der Waals surface area contributed by atoms with Crippen molar-refractivity contribution in [2.45, 2.75) is 6.92 Å². The quantitative estimate of drug-likeness (QED) is 0.189. The average molecular weight is 293 g/mol. The van der Waals surface area contributed by atoms with Gasteiger partial charge in [0.05, 0.1) is 5.39 Å². The van der Waals surface area contributed by atoms with E-state index in [-0.39, 0.29) is 27.4 Å². The number of hydrogen-bond acceptors (Lipinski definition) is 7. The smallest absolute Gasteiger partial charge is 0.202 e. The van der Waals surface area contributed by atoms with E-state index >= 15 is 0 Å². The molecule has 0 unspecified atom stereocenters. The summed E-state index contributed by atoms with van der Waals surface area (Å²) in [5, 5.41) is 68.5. The zero-order chi connectivity index (χ0) is 15.6. The molecular weight excluding hydrogens is 282 g/mol. The fourth-order valence-electron chi connectivity index (χ4n) is 2.53. The molecule has 0 fully saturated rings. The Labute approximate surface area is 116 Å². The number of aromatic nitrogens is 1. The van der Waals surface area contributed by atoms with E-state index in [9.17, 15) is 35.8 Å². The number of aryl methyl sites for hydroxylation is 1. The molecule has 0 bridgehead atoms. The average Bonchev–Trinajstić information content (AvgIpc) is 2.74. The highest BCUT2D eigenvalue weighted by Crippen LogP contribution is 2.52. The van der Waals surface area contributed by atoms with Crippen molar-refractivity contribution in [1.29, 1.82) is 0 Å². The maximum atomic E-state index is 10.1. The van der Waals surface area contributed by atoms with Crippen LogP contribution in [0.2, 0.25) is 0 Å². The molecule has 0 aliphatic rings. The molecule has 1 heterocycles. The number of rotatable bonds is 0. The van der Waals surface area contributed by atoms with Crippen LogP contribution in [0.4, 0.5) is 0 Å². The van der Waals surface area contributed by atoms with Crippen molar-refractivity contribution < 1.29 is 35.8 Å². The predicted octanol–water partition coefficient (Wildman–Crippen LogP) is 1.57. The molecule has 1 aromatic heterocycles. The Kier molecular flexibility index (Phi) is 2.26. The Hall–Kier alpha value is -3.16. The first-order chi connectivity index (χ1) is 9.77. The summed E-state index contributed by atoms with van der Waals surface area (Å²) in [6.45, 7) is 1.37. The van der Waals surface area contributed by atoms with E-state index in [0.29, 0.717) is 4.73 Å². The lowest BCUT2D eigenvalue weighted by Crippen LogP contribution is -1.90. The summed E-state index contributed by atoms with van der Waals surface area (Å²) >= 11 is 0. The van der Waals surface area contributed by atoms with Crippen LogP contribution in [0.3, 0.4) is 0 Å². The third kappa shape index (κ3) is 1.33. The van der Waals surface area contributed by atoms with Crippen LogP contribution in [-0.4, -0.2) is 40.6 Å². The first-order valence-corrected chi connectivity index (χ1v) is 5.82. The summed E-state index contributed by atoms with van der Waals surface area (Å²) in [4.78, 5) is 0. The van der Waals surface area contributed by atoms with Crippen LogP contribution in [0.5, 0.6) is 34.5 Å². The third-order valence-corrected chi connectivity index (χ3v) is 3.55. The van der Waals surface area contributed by atoms with Gasteiger partial charge in [-0.2, -0.15) is 4.73 Å². The van der Waals surface area contributed by atoms with Crippen LogP contribution >= 0.6 is 0 Å². The molecule has 8 heteroatoms. The van der Waals surface area contributed by atoms with E-state index in [1.54, 1.807) is 0 Å². The molecular formula is C13H11NO7. The normalized spacial score (nSPS) is 11.5. The fourth-order valence-corrected chi connectivity index (χ4v) is 2.53. The lowest BCUT2D eigenvalue weighted by molar-refractivity contribution is 0.208. The van der Waals surface area contributed by atoms with Gasteiger partial charge >= 0.3 is 0 Å². The number of aromatic hydroxyl groups is 6. The van der Waals surface area contributed by atoms with Crippen LogP contribution in [-0.2, 0) is 0 Å². The second-order valence-corrected chi connectivity index (χ2v) is 4.69. The molecule has 0 atom stereocenters. The summed E-state index contributed by atoms with van der Waals surface area (Å²) in [7, 11) is 0. The van der Waals surface area contributed by atoms with Crippen molar-refractivity contribution in [2.75, 3.05) is 0 Å². The monoisotopic (exact) mass is 293 g/mol. The van der Waals surface area contributed by atoms with Gasteiger partial charge in [0.2, 0.25) is 5.75 Å². The molecule has 7 N–H and O–H groups in total. The Morgan fingerprint density at radius 2 is 1.33 bits per heavy atom. The largest absolute Gasteiger partial charge is 0.505 e. The Bertz CT molecular complexity index is 926. The second kappa shape index (κ2) is 3.69.